The van der Waals surface area contributed by atoms with Gasteiger partial charge in [0.05, 0.1) is 16.5 Å². The first-order chi connectivity index (χ1) is 13.6. The van der Waals surface area contributed by atoms with Gasteiger partial charge in [-0.15, -0.1) is 17.9 Å². The van der Waals surface area contributed by atoms with Crippen LogP contribution in [-0.4, -0.2) is 27.6 Å². The van der Waals surface area contributed by atoms with Gasteiger partial charge in [-0.1, -0.05) is 41.0 Å². The molecule has 1 aliphatic rings. The van der Waals surface area contributed by atoms with Gasteiger partial charge in [0.2, 0.25) is 5.82 Å². The molecule has 3 aromatic rings. The Balaban J connectivity index is 1.84. The number of nitrogens with zero attached hydrogens (tertiary/aromatic N) is 3. The Kier molecular flexibility index (Phi) is 5.02. The number of aromatic nitrogens is 2. The van der Waals surface area contributed by atoms with Crippen molar-refractivity contribution in [3.05, 3.63) is 76.6 Å². The number of carbonyl (C=O) groups excluding carboxylic acids is 1. The second kappa shape index (κ2) is 7.61. The highest BCUT2D eigenvalue weighted by Gasteiger charge is 2.35. The molecule has 28 heavy (non-hydrogen) atoms. The van der Waals surface area contributed by atoms with Crippen LogP contribution in [0.25, 0.3) is 16.3 Å². The fraction of sp³-hybridized carbons (Fsp3) is 0.150. The highest BCUT2D eigenvalue weighted by Crippen LogP contribution is 2.38. The van der Waals surface area contributed by atoms with Crippen LogP contribution in [0.1, 0.15) is 24.4 Å². The van der Waals surface area contributed by atoms with Crippen molar-refractivity contribution in [2.24, 2.45) is 0 Å². The van der Waals surface area contributed by atoms with Crippen LogP contribution >= 0.6 is 22.9 Å². The van der Waals surface area contributed by atoms with Crippen LogP contribution in [0.4, 0.5) is 4.79 Å². The summed E-state index contributed by atoms with van der Waals surface area (Å²) in [5.41, 5.74) is 2.30. The van der Waals surface area contributed by atoms with Gasteiger partial charge < -0.3 is 9.84 Å². The maximum atomic E-state index is 12.7. The van der Waals surface area contributed by atoms with Crippen molar-refractivity contribution in [3.8, 4) is 10.7 Å². The highest BCUT2D eigenvalue weighted by atomic mass is 35.5. The maximum Gasteiger partial charge on any atom is 0.322 e. The molecule has 4 rings (SSSR count). The van der Waals surface area contributed by atoms with Crippen LogP contribution in [0.5, 0.6) is 0 Å². The summed E-state index contributed by atoms with van der Waals surface area (Å²) in [6.07, 6.45) is 1.67. The van der Waals surface area contributed by atoms with E-state index < -0.39 is 6.04 Å². The van der Waals surface area contributed by atoms with Crippen molar-refractivity contribution in [1.82, 2.24) is 20.4 Å². The van der Waals surface area contributed by atoms with Gasteiger partial charge in [0.15, 0.2) is 0 Å². The molecule has 0 fully saturated rings. The van der Waals surface area contributed by atoms with E-state index in [0.717, 1.165) is 21.7 Å². The van der Waals surface area contributed by atoms with Gasteiger partial charge in [0.25, 0.3) is 5.89 Å². The molecule has 6 nitrogen and oxygen atoms in total. The third-order valence-corrected chi connectivity index (χ3v) is 5.59. The number of thiophene rings is 1. The minimum Gasteiger partial charge on any atom is -0.334 e. The number of urea groups is 1. The monoisotopic (exact) mass is 412 g/mol. The summed E-state index contributed by atoms with van der Waals surface area (Å²) < 4.78 is 5.59. The average molecular weight is 413 g/mol. The molecule has 2 amide bonds. The fourth-order valence-corrected chi connectivity index (χ4v) is 4.03. The summed E-state index contributed by atoms with van der Waals surface area (Å²) in [5.74, 6) is 0.877. The molecule has 0 saturated carbocycles. The van der Waals surface area contributed by atoms with Gasteiger partial charge >= 0.3 is 6.03 Å². The third-order valence-electron chi connectivity index (χ3n) is 4.49. The Labute approximate surface area is 171 Å². The van der Waals surface area contributed by atoms with Crippen LogP contribution in [0, 0.1) is 0 Å². The van der Waals surface area contributed by atoms with E-state index in [9.17, 15) is 4.79 Å². The van der Waals surface area contributed by atoms with Crippen LogP contribution in [0.2, 0.25) is 5.02 Å². The van der Waals surface area contributed by atoms with Gasteiger partial charge in [0.1, 0.15) is 0 Å². The Bertz CT molecular complexity index is 1060. The lowest BCUT2D eigenvalue weighted by Gasteiger charge is -2.34. The zero-order valence-corrected chi connectivity index (χ0v) is 16.6. The Morgan fingerprint density at radius 1 is 1.39 bits per heavy atom. The van der Waals surface area contributed by atoms with Gasteiger partial charge in [-0.05, 0) is 36.1 Å². The third kappa shape index (κ3) is 3.34. The van der Waals surface area contributed by atoms with Crippen molar-refractivity contribution in [1.29, 1.82) is 0 Å². The van der Waals surface area contributed by atoms with Crippen LogP contribution in [0.3, 0.4) is 0 Å². The fourth-order valence-electron chi connectivity index (χ4n) is 3.18. The van der Waals surface area contributed by atoms with Gasteiger partial charge in [-0.25, -0.2) is 4.79 Å². The second-order valence-electron chi connectivity index (χ2n) is 6.24. The molecule has 3 heterocycles. The lowest BCUT2D eigenvalue weighted by molar-refractivity contribution is 0.209. The molecule has 0 saturated heterocycles. The zero-order valence-electron chi connectivity index (χ0n) is 15.1. The first-order valence-corrected chi connectivity index (χ1v) is 9.87. The average Bonchev–Trinajstić information content (AvgIpc) is 3.36. The quantitative estimate of drug-likeness (QED) is 0.589. The van der Waals surface area contributed by atoms with Crippen molar-refractivity contribution < 1.29 is 9.32 Å². The highest BCUT2D eigenvalue weighted by molar-refractivity contribution is 7.13. The molecule has 8 heteroatoms. The largest absolute Gasteiger partial charge is 0.334 e. The SMILES string of the molecule is C=CCN1C(=O)NC(c2cccc(Cl)c2)C(c2nc(-c3cccs3)no2)=C1C. The first-order valence-electron chi connectivity index (χ1n) is 8.61. The minimum absolute atomic E-state index is 0.218. The van der Waals surface area contributed by atoms with E-state index in [0.29, 0.717) is 23.3 Å². The van der Waals surface area contributed by atoms with Crippen LogP contribution in [0.15, 0.2) is 64.7 Å². The molecule has 0 radical (unpaired) electrons. The molecule has 1 N–H and O–H groups in total. The number of hydrogen-bond acceptors (Lipinski definition) is 5. The minimum atomic E-state index is -0.455. The Morgan fingerprint density at radius 3 is 2.96 bits per heavy atom. The van der Waals surface area contributed by atoms with Crippen molar-refractivity contribution in [3.63, 3.8) is 0 Å². The standard InChI is InChI=1S/C20H17ClN4O2S/c1-3-9-25-12(2)16(19-23-18(24-27-19)15-8-5-10-28-15)17(22-20(25)26)13-6-4-7-14(21)11-13/h3-8,10-11,17H,1,9H2,2H3,(H,22,26). The molecule has 0 bridgehead atoms. The molecule has 1 aliphatic heterocycles. The number of hydrogen-bond donors (Lipinski definition) is 1. The summed E-state index contributed by atoms with van der Waals surface area (Å²) in [6, 6.07) is 10.6. The molecule has 1 unspecified atom stereocenters. The van der Waals surface area contributed by atoms with E-state index in [2.05, 4.69) is 22.0 Å². The molecular weight excluding hydrogens is 396 g/mol. The zero-order chi connectivity index (χ0) is 19.7. The number of halogens is 1. The van der Waals surface area contributed by atoms with E-state index in [1.54, 1.807) is 17.0 Å². The molecule has 0 aliphatic carbocycles. The number of carbonyl (C=O) groups is 1. The molecule has 142 valence electrons. The van der Waals surface area contributed by atoms with Crippen LogP contribution < -0.4 is 5.32 Å². The Morgan fingerprint density at radius 2 is 2.25 bits per heavy atom. The van der Waals surface area contributed by atoms with E-state index in [-0.39, 0.29) is 6.03 Å². The molecule has 1 aromatic carbocycles. The molecule has 2 aromatic heterocycles. The van der Waals surface area contributed by atoms with E-state index in [1.807, 2.05) is 42.6 Å². The van der Waals surface area contributed by atoms with Gasteiger partial charge in [0, 0.05) is 17.3 Å². The predicted molar refractivity (Wildman–Crippen MR) is 110 cm³/mol. The van der Waals surface area contributed by atoms with Crippen molar-refractivity contribution in [2.45, 2.75) is 13.0 Å². The summed E-state index contributed by atoms with van der Waals surface area (Å²) in [7, 11) is 0. The lowest BCUT2D eigenvalue weighted by Crippen LogP contribution is -2.46. The van der Waals surface area contributed by atoms with Gasteiger partial charge in [-0.3, -0.25) is 4.90 Å². The number of nitrogens with one attached hydrogen (secondary N) is 1. The molecular formula is C20H17ClN4O2S. The van der Waals surface area contributed by atoms with Gasteiger partial charge in [-0.2, -0.15) is 4.98 Å². The second-order valence-corrected chi connectivity index (χ2v) is 7.62. The number of rotatable bonds is 5. The van der Waals surface area contributed by atoms with Crippen molar-refractivity contribution in [2.75, 3.05) is 6.54 Å². The summed E-state index contributed by atoms with van der Waals surface area (Å²) in [5, 5.41) is 9.67. The topological polar surface area (TPSA) is 71.3 Å². The van der Waals surface area contributed by atoms with E-state index in [1.165, 1.54) is 11.3 Å². The summed E-state index contributed by atoms with van der Waals surface area (Å²) in [4.78, 5) is 19.8. The van der Waals surface area contributed by atoms with Crippen molar-refractivity contribution >= 4 is 34.5 Å². The van der Waals surface area contributed by atoms with E-state index >= 15 is 0 Å². The molecule has 1 atom stereocenters. The summed E-state index contributed by atoms with van der Waals surface area (Å²) >= 11 is 7.71. The smallest absolute Gasteiger partial charge is 0.322 e. The normalized spacial score (nSPS) is 17.0. The number of allylic oxidation sites excluding steroid dienone is 1. The number of amides is 2. The summed E-state index contributed by atoms with van der Waals surface area (Å²) in [6.45, 7) is 5.97. The van der Waals surface area contributed by atoms with Crippen LogP contribution in [-0.2, 0) is 0 Å². The number of benzene rings is 1. The predicted octanol–water partition coefficient (Wildman–Crippen LogP) is 5.14. The Hall–Kier alpha value is -2.90. The maximum absolute atomic E-state index is 12.7. The van der Waals surface area contributed by atoms with E-state index in [4.69, 9.17) is 16.1 Å². The molecule has 0 spiro atoms. The lowest BCUT2D eigenvalue weighted by atomic mass is 9.94. The first kappa shape index (κ1) is 18.5.